The number of nitrogens with zero attached hydrogens (tertiary/aromatic N) is 3. The summed E-state index contributed by atoms with van der Waals surface area (Å²) in [6, 6.07) is 13.0. The maximum Gasteiger partial charge on any atom is 0.254 e. The van der Waals surface area contributed by atoms with Crippen LogP contribution in [0.25, 0.3) is 10.9 Å². The monoisotopic (exact) mass is 318 g/mol. The van der Waals surface area contributed by atoms with E-state index in [9.17, 15) is 4.79 Å². The molecule has 1 amide bonds. The number of aromatic nitrogens is 2. The second-order valence-electron chi connectivity index (χ2n) is 5.70. The zero-order valence-corrected chi connectivity index (χ0v) is 12.8. The van der Waals surface area contributed by atoms with Crippen molar-refractivity contribution in [2.75, 3.05) is 13.1 Å². The van der Waals surface area contributed by atoms with E-state index in [1.165, 1.54) is 0 Å². The Bertz CT molecular complexity index is 951. The zero-order valence-electron chi connectivity index (χ0n) is 12.8. The van der Waals surface area contributed by atoms with E-state index in [0.717, 1.165) is 10.9 Å². The number of fused-ring (bicyclic) bond motifs is 1. The quantitative estimate of drug-likeness (QED) is 0.803. The van der Waals surface area contributed by atoms with Crippen LogP contribution in [-0.4, -0.2) is 40.0 Å². The van der Waals surface area contributed by atoms with Crippen molar-refractivity contribution in [1.82, 2.24) is 14.9 Å². The van der Waals surface area contributed by atoms with E-state index in [0.29, 0.717) is 30.1 Å². The molecule has 0 spiro atoms. The lowest BCUT2D eigenvalue weighted by Crippen LogP contribution is -2.56. The Kier molecular flexibility index (Phi) is 3.39. The minimum atomic E-state index is -0.134. The van der Waals surface area contributed by atoms with Crippen molar-refractivity contribution < 1.29 is 9.53 Å². The number of pyridine rings is 1. The molecule has 6 heteroatoms. The molecule has 1 aliphatic heterocycles. The second-order valence-corrected chi connectivity index (χ2v) is 5.70. The Labute approximate surface area is 138 Å². The average molecular weight is 318 g/mol. The molecule has 3 heterocycles. The van der Waals surface area contributed by atoms with Crippen molar-refractivity contribution in [2.24, 2.45) is 0 Å². The molecule has 118 valence electrons. The van der Waals surface area contributed by atoms with Gasteiger partial charge in [-0.2, -0.15) is 5.26 Å². The van der Waals surface area contributed by atoms with Gasteiger partial charge in [0.05, 0.1) is 13.1 Å². The third kappa shape index (κ3) is 2.46. The fourth-order valence-corrected chi connectivity index (χ4v) is 2.77. The molecule has 1 aromatic carbocycles. The lowest BCUT2D eigenvalue weighted by Gasteiger charge is -2.38. The van der Waals surface area contributed by atoms with Crippen molar-refractivity contribution in [3.63, 3.8) is 0 Å². The minimum absolute atomic E-state index is 0.0205. The predicted molar refractivity (Wildman–Crippen MR) is 87.6 cm³/mol. The molecule has 24 heavy (non-hydrogen) atoms. The molecule has 1 N–H and O–H groups in total. The molecular weight excluding hydrogens is 304 g/mol. The Morgan fingerprint density at radius 1 is 1.33 bits per heavy atom. The van der Waals surface area contributed by atoms with Gasteiger partial charge in [0.2, 0.25) is 5.88 Å². The Morgan fingerprint density at radius 2 is 2.21 bits per heavy atom. The van der Waals surface area contributed by atoms with Gasteiger partial charge in [-0.3, -0.25) is 4.79 Å². The van der Waals surface area contributed by atoms with Crippen LogP contribution in [0.1, 0.15) is 15.9 Å². The average Bonchev–Trinajstić information content (AvgIpc) is 3.05. The van der Waals surface area contributed by atoms with Gasteiger partial charge in [0.15, 0.2) is 0 Å². The van der Waals surface area contributed by atoms with Crippen molar-refractivity contribution in [1.29, 1.82) is 5.26 Å². The molecule has 1 saturated heterocycles. The SMILES string of the molecule is N#Cc1cccnc1OC1CN(C(=O)c2ccc3cc[nH]c3c2)C1. The molecule has 0 unspecified atom stereocenters. The lowest BCUT2D eigenvalue weighted by molar-refractivity contribution is 0.0159. The van der Waals surface area contributed by atoms with Gasteiger partial charge in [-0.05, 0) is 35.7 Å². The number of nitriles is 1. The van der Waals surface area contributed by atoms with Crippen LogP contribution >= 0.6 is 0 Å². The van der Waals surface area contributed by atoms with Crippen LogP contribution in [0.4, 0.5) is 0 Å². The number of amides is 1. The van der Waals surface area contributed by atoms with E-state index in [-0.39, 0.29) is 12.0 Å². The topological polar surface area (TPSA) is 82.0 Å². The second kappa shape index (κ2) is 5.70. The molecule has 0 bridgehead atoms. The first kappa shape index (κ1) is 14.3. The third-order valence-corrected chi connectivity index (χ3v) is 4.11. The number of aromatic amines is 1. The van der Waals surface area contributed by atoms with Gasteiger partial charge in [0, 0.05) is 23.5 Å². The lowest BCUT2D eigenvalue weighted by atomic mass is 10.1. The zero-order chi connectivity index (χ0) is 16.5. The van der Waals surface area contributed by atoms with Crippen LogP contribution in [0.2, 0.25) is 0 Å². The molecule has 2 aromatic heterocycles. The van der Waals surface area contributed by atoms with Crippen molar-refractivity contribution >= 4 is 16.8 Å². The van der Waals surface area contributed by atoms with Crippen LogP contribution in [0.15, 0.2) is 48.8 Å². The van der Waals surface area contributed by atoms with E-state index in [2.05, 4.69) is 16.0 Å². The standard InChI is InChI=1S/C18H14N4O2/c19-9-14-2-1-6-21-17(14)24-15-10-22(11-15)18(23)13-4-3-12-5-7-20-16(12)8-13/h1-8,15,20H,10-11H2. The maximum absolute atomic E-state index is 12.5. The number of benzene rings is 1. The van der Waals surface area contributed by atoms with Gasteiger partial charge < -0.3 is 14.6 Å². The predicted octanol–water partition coefficient (Wildman–Crippen LogP) is 2.34. The van der Waals surface area contributed by atoms with Crippen molar-refractivity contribution in [3.05, 3.63) is 59.9 Å². The summed E-state index contributed by atoms with van der Waals surface area (Å²) in [5, 5.41) is 10.1. The van der Waals surface area contributed by atoms with Crippen molar-refractivity contribution in [2.45, 2.75) is 6.10 Å². The highest BCUT2D eigenvalue weighted by atomic mass is 16.5. The fraction of sp³-hybridized carbons (Fsp3) is 0.167. The number of ether oxygens (including phenoxy) is 1. The molecule has 0 radical (unpaired) electrons. The molecule has 4 rings (SSSR count). The summed E-state index contributed by atoms with van der Waals surface area (Å²) >= 11 is 0. The smallest absolute Gasteiger partial charge is 0.254 e. The van der Waals surface area contributed by atoms with Crippen LogP contribution in [0.3, 0.4) is 0 Å². The minimum Gasteiger partial charge on any atom is -0.470 e. The number of hydrogen-bond donors (Lipinski definition) is 1. The Hall–Kier alpha value is -3.33. The number of rotatable bonds is 3. The normalized spacial score (nSPS) is 14.2. The number of nitrogens with one attached hydrogen (secondary N) is 1. The number of hydrogen-bond acceptors (Lipinski definition) is 4. The van der Waals surface area contributed by atoms with Gasteiger partial charge in [-0.25, -0.2) is 4.98 Å². The van der Waals surface area contributed by atoms with Crippen LogP contribution < -0.4 is 4.74 Å². The van der Waals surface area contributed by atoms with E-state index in [1.807, 2.05) is 30.5 Å². The van der Waals surface area contributed by atoms with Gasteiger partial charge in [0.25, 0.3) is 5.91 Å². The highest BCUT2D eigenvalue weighted by Crippen LogP contribution is 2.22. The summed E-state index contributed by atoms with van der Waals surface area (Å²) in [6.07, 6.45) is 3.31. The van der Waals surface area contributed by atoms with E-state index < -0.39 is 0 Å². The number of carbonyl (C=O) groups excluding carboxylic acids is 1. The molecular formula is C18H14N4O2. The summed E-state index contributed by atoms with van der Waals surface area (Å²) in [6.45, 7) is 0.978. The van der Waals surface area contributed by atoms with E-state index >= 15 is 0 Å². The summed E-state index contributed by atoms with van der Waals surface area (Å²) in [5.41, 5.74) is 2.00. The number of likely N-dealkylation sites (tertiary alicyclic amines) is 1. The number of H-pyrrole nitrogens is 1. The molecule has 3 aromatic rings. The van der Waals surface area contributed by atoms with Crippen molar-refractivity contribution in [3.8, 4) is 11.9 Å². The Morgan fingerprint density at radius 3 is 3.04 bits per heavy atom. The molecule has 0 atom stereocenters. The summed E-state index contributed by atoms with van der Waals surface area (Å²) in [4.78, 5) is 21.4. The van der Waals surface area contributed by atoms with Crippen LogP contribution in [0, 0.1) is 11.3 Å². The molecule has 1 fully saturated rings. The first-order valence-electron chi connectivity index (χ1n) is 7.63. The molecule has 1 aliphatic rings. The number of carbonyl (C=O) groups is 1. The summed E-state index contributed by atoms with van der Waals surface area (Å²) in [5.74, 6) is 0.304. The van der Waals surface area contributed by atoms with Gasteiger partial charge in [0.1, 0.15) is 17.7 Å². The molecule has 0 aliphatic carbocycles. The Balaban J connectivity index is 1.41. The summed E-state index contributed by atoms with van der Waals surface area (Å²) < 4.78 is 5.71. The highest BCUT2D eigenvalue weighted by molar-refractivity contribution is 5.98. The molecule has 0 saturated carbocycles. The van der Waals surface area contributed by atoms with Gasteiger partial charge in [-0.15, -0.1) is 0 Å². The fourth-order valence-electron chi connectivity index (χ4n) is 2.77. The van der Waals surface area contributed by atoms with E-state index in [4.69, 9.17) is 10.00 Å². The largest absolute Gasteiger partial charge is 0.470 e. The first-order chi connectivity index (χ1) is 11.7. The van der Waals surface area contributed by atoms with Crippen LogP contribution in [0.5, 0.6) is 5.88 Å². The van der Waals surface area contributed by atoms with Crippen LogP contribution in [-0.2, 0) is 0 Å². The highest BCUT2D eigenvalue weighted by Gasteiger charge is 2.33. The van der Waals surface area contributed by atoms with Gasteiger partial charge >= 0.3 is 0 Å². The van der Waals surface area contributed by atoms with E-state index in [1.54, 1.807) is 23.2 Å². The van der Waals surface area contributed by atoms with Gasteiger partial charge in [-0.1, -0.05) is 6.07 Å². The first-order valence-corrected chi connectivity index (χ1v) is 7.63. The third-order valence-electron chi connectivity index (χ3n) is 4.11. The maximum atomic E-state index is 12.5. The summed E-state index contributed by atoms with van der Waals surface area (Å²) in [7, 11) is 0. The molecule has 6 nitrogen and oxygen atoms in total.